The molecule has 8 bridgehead atoms. The van der Waals surface area contributed by atoms with Gasteiger partial charge in [-0.15, -0.1) is 0 Å². The van der Waals surface area contributed by atoms with Crippen LogP contribution in [0.25, 0.3) is 89.7 Å². The van der Waals surface area contributed by atoms with Crippen molar-refractivity contribution >= 4 is 63.1 Å². The second-order valence-electron chi connectivity index (χ2n) is 11.3. The van der Waals surface area contributed by atoms with Crippen molar-refractivity contribution in [2.24, 2.45) is 0 Å². The molecule has 0 radical (unpaired) electrons. The third-order valence-corrected chi connectivity index (χ3v) is 14.4. The van der Waals surface area contributed by atoms with Gasteiger partial charge in [0.05, 0.1) is 0 Å². The second-order valence-corrected chi connectivity index (χ2v) is 17.4. The van der Waals surface area contributed by atoms with E-state index in [0.717, 1.165) is 55.1 Å². The van der Waals surface area contributed by atoms with Crippen LogP contribution in [0.15, 0.2) is 109 Å². The van der Waals surface area contributed by atoms with Gasteiger partial charge in [0, 0.05) is 0 Å². The zero-order valence-electron chi connectivity index (χ0n) is 24.2. The van der Waals surface area contributed by atoms with Crippen LogP contribution in [0.5, 0.6) is 0 Å². The van der Waals surface area contributed by atoms with Crippen molar-refractivity contribution < 1.29 is 17.1 Å². The summed E-state index contributed by atoms with van der Waals surface area (Å²) >= 11 is 0.519. The third kappa shape index (κ3) is 4.00. The summed E-state index contributed by atoms with van der Waals surface area (Å²) in [5.41, 5.74) is 6.61. The molecule has 0 saturated carbocycles. The van der Waals surface area contributed by atoms with Gasteiger partial charge in [-0.05, 0) is 0 Å². The number of hydrogen-bond donors (Lipinski definition) is 2. The number of aromatic nitrogens is 8. The Morgan fingerprint density at radius 3 is 1.46 bits per heavy atom. The molecular formula is C36H20N8SZn. The predicted molar refractivity (Wildman–Crippen MR) is 180 cm³/mol. The van der Waals surface area contributed by atoms with Gasteiger partial charge in [-0.1, -0.05) is 6.07 Å². The number of hydrogen-bond acceptors (Lipinski definition) is 7. The maximum absolute atomic E-state index is 5.24. The number of aromatic amines is 2. The van der Waals surface area contributed by atoms with Crippen LogP contribution in [-0.4, -0.2) is 39.9 Å². The zero-order chi connectivity index (χ0) is 30.2. The van der Waals surface area contributed by atoms with Gasteiger partial charge >= 0.3 is 268 Å². The molecular weight excluding hydrogens is 642 g/mol. The van der Waals surface area contributed by atoms with E-state index in [0.29, 0.717) is 34.6 Å². The van der Waals surface area contributed by atoms with Crippen molar-refractivity contribution in [2.45, 2.75) is 0 Å². The molecule has 4 aromatic carbocycles. The Morgan fingerprint density at radius 1 is 0.435 bits per heavy atom. The number of benzene rings is 4. The van der Waals surface area contributed by atoms with Crippen molar-refractivity contribution in [2.75, 3.05) is 0 Å². The van der Waals surface area contributed by atoms with Crippen LogP contribution in [0, 0.1) is 0 Å². The van der Waals surface area contributed by atoms with Crippen LogP contribution < -0.4 is 7.63 Å². The molecule has 0 atom stereocenters. The molecule has 0 aliphatic carbocycles. The number of thiophene rings is 1. The van der Waals surface area contributed by atoms with E-state index < -0.39 is 17.1 Å². The van der Waals surface area contributed by atoms with Gasteiger partial charge in [-0.2, -0.15) is 0 Å². The van der Waals surface area contributed by atoms with E-state index in [1.165, 1.54) is 7.63 Å². The van der Waals surface area contributed by atoms with Crippen LogP contribution >= 0.6 is 11.3 Å². The van der Waals surface area contributed by atoms with Gasteiger partial charge in [0.25, 0.3) is 0 Å². The summed E-state index contributed by atoms with van der Waals surface area (Å²) in [7, 11) is 0. The van der Waals surface area contributed by atoms with Crippen LogP contribution in [0.3, 0.4) is 0 Å². The fourth-order valence-electron chi connectivity index (χ4n) is 6.51. The van der Waals surface area contributed by atoms with Crippen molar-refractivity contribution in [1.29, 1.82) is 0 Å². The Kier molecular flexibility index (Phi) is 5.64. The SMILES string of the molecule is c1cs[c]([Zn][c]2cccc3c4nc5nc(nc6[nH]c(nc7nc(nc([nH]4)c23)-c2ccccc2-7)c2ccccc62)-c2ccccc2-5)c1. The van der Waals surface area contributed by atoms with Gasteiger partial charge in [-0.25, -0.2) is 0 Å². The minimum absolute atomic E-state index is 0.605. The van der Waals surface area contributed by atoms with Crippen LogP contribution in [0.4, 0.5) is 0 Å². The molecule has 0 fully saturated rings. The van der Waals surface area contributed by atoms with Crippen LogP contribution in [0.2, 0.25) is 0 Å². The summed E-state index contributed by atoms with van der Waals surface area (Å²) in [6.07, 6.45) is 0. The molecule has 0 spiro atoms. The topological polar surface area (TPSA) is 109 Å². The standard InChI is InChI=1S/C32H17N8.C4H3S.Zn/c1-2-10-18-17(9-1)25-33-26(18)38-28-21-13-5-6-14-22(21)30(35-28)40-32-24-16-8-7-15-23(24)31(36-32)39-29-20-12-4-3-11-19(20)27(34-29)37-25;1-2-4-5-3-1;/h1-15H,(H2,33,34,35,36,37,38,39,40);1-3H;. The van der Waals surface area contributed by atoms with Gasteiger partial charge in [0.1, 0.15) is 0 Å². The van der Waals surface area contributed by atoms with E-state index in [1.807, 2.05) is 53.8 Å². The second kappa shape index (κ2) is 10.0. The number of rotatable bonds is 2. The fraction of sp³-hybridized carbons (Fsp3) is 0. The van der Waals surface area contributed by atoms with Crippen molar-refractivity contribution in [3.05, 3.63) is 109 Å². The summed E-state index contributed by atoms with van der Waals surface area (Å²) in [6.45, 7) is 0. The van der Waals surface area contributed by atoms with E-state index in [2.05, 4.69) is 76.0 Å². The molecule has 0 saturated heterocycles. The molecule has 46 heavy (non-hydrogen) atoms. The Bertz CT molecular complexity index is 2690. The van der Waals surface area contributed by atoms with E-state index in [-0.39, 0.29) is 0 Å². The first-order valence-electron chi connectivity index (χ1n) is 15.0. The van der Waals surface area contributed by atoms with E-state index in [1.54, 1.807) is 0 Å². The summed E-state index contributed by atoms with van der Waals surface area (Å²) in [5, 5.41) is 6.20. The van der Waals surface area contributed by atoms with E-state index in [9.17, 15) is 0 Å². The molecule has 212 valence electrons. The quantitative estimate of drug-likeness (QED) is 0.194. The molecule has 8 aromatic rings. The number of nitrogens with one attached hydrogen (secondary N) is 2. The summed E-state index contributed by atoms with van der Waals surface area (Å²) in [4.78, 5) is 37.7. The maximum atomic E-state index is 5.24. The molecule has 10 heteroatoms. The summed E-state index contributed by atoms with van der Waals surface area (Å²) < 4.78 is 2.82. The number of H-pyrrole nitrogens is 2. The first-order valence-corrected chi connectivity index (χ1v) is 18.9. The molecule has 10 rings (SSSR count). The molecule has 6 heterocycles. The normalized spacial score (nSPS) is 11.8. The Morgan fingerprint density at radius 2 is 0.913 bits per heavy atom. The van der Waals surface area contributed by atoms with E-state index >= 15 is 0 Å². The molecule has 0 amide bonds. The minimum atomic E-state index is -1.31. The van der Waals surface area contributed by atoms with Crippen molar-refractivity contribution in [3.63, 3.8) is 0 Å². The first kappa shape index (κ1) is 25.8. The van der Waals surface area contributed by atoms with E-state index in [4.69, 9.17) is 29.9 Å². The molecule has 2 N–H and O–H groups in total. The van der Waals surface area contributed by atoms with Crippen molar-refractivity contribution in [1.82, 2.24) is 39.9 Å². The summed E-state index contributed by atoms with van der Waals surface area (Å²) in [6, 6.07) is 35.3. The molecule has 4 aromatic heterocycles. The number of nitrogens with zero attached hydrogens (tertiary/aromatic N) is 6. The van der Waals surface area contributed by atoms with Gasteiger partial charge < -0.3 is 0 Å². The molecule has 8 nitrogen and oxygen atoms in total. The van der Waals surface area contributed by atoms with Crippen molar-refractivity contribution in [3.8, 4) is 45.6 Å². The fourth-order valence-corrected chi connectivity index (χ4v) is 12.0. The summed E-state index contributed by atoms with van der Waals surface area (Å²) in [5.74, 6) is 2.44. The first-order chi connectivity index (χ1) is 22.8. The average Bonchev–Trinajstić information content (AvgIpc) is 3.92. The predicted octanol–water partition coefficient (Wildman–Crippen LogP) is 6.96. The van der Waals surface area contributed by atoms with Crippen LogP contribution in [-0.2, 0) is 17.1 Å². The number of fused-ring (bicyclic) bond motifs is 20. The van der Waals surface area contributed by atoms with Gasteiger partial charge in [0.2, 0.25) is 0 Å². The van der Waals surface area contributed by atoms with Gasteiger partial charge in [0.15, 0.2) is 0 Å². The molecule has 2 aliphatic rings. The Labute approximate surface area is 272 Å². The molecule has 0 unspecified atom stereocenters. The Balaban J connectivity index is 1.39. The average molecular weight is 662 g/mol. The molecule has 2 aliphatic heterocycles. The zero-order valence-corrected chi connectivity index (χ0v) is 28.0. The monoisotopic (exact) mass is 660 g/mol. The van der Waals surface area contributed by atoms with Gasteiger partial charge in [-0.3, -0.25) is 0 Å². The van der Waals surface area contributed by atoms with Crippen LogP contribution in [0.1, 0.15) is 0 Å². The Hall–Kier alpha value is -5.44. The third-order valence-electron chi connectivity index (χ3n) is 8.61.